The fourth-order valence-corrected chi connectivity index (χ4v) is 2.82. The first-order valence-corrected chi connectivity index (χ1v) is 7.67. The number of pyridine rings is 1. The number of hydrogen-bond acceptors (Lipinski definition) is 3. The van der Waals surface area contributed by atoms with Crippen LogP contribution in [0.25, 0.3) is 0 Å². The highest BCUT2D eigenvalue weighted by atomic mass is 16.3. The van der Waals surface area contributed by atoms with Crippen LogP contribution < -0.4 is 5.32 Å². The van der Waals surface area contributed by atoms with Crippen molar-refractivity contribution in [2.45, 2.75) is 58.0 Å². The van der Waals surface area contributed by atoms with Gasteiger partial charge in [0.1, 0.15) is 0 Å². The maximum Gasteiger partial charge on any atom is 0.0960 e. The van der Waals surface area contributed by atoms with Crippen LogP contribution >= 0.6 is 0 Å². The third kappa shape index (κ3) is 4.50. The first-order chi connectivity index (χ1) is 9.29. The number of nitrogens with one attached hydrogen (secondary N) is 1. The number of anilines is 1. The largest absolute Gasteiger partial charge is 0.387 e. The fourth-order valence-electron chi connectivity index (χ4n) is 2.82. The summed E-state index contributed by atoms with van der Waals surface area (Å²) in [5.74, 6) is 0.811. The van der Waals surface area contributed by atoms with Gasteiger partial charge < -0.3 is 10.4 Å². The molecule has 1 aromatic rings. The third-order valence-corrected chi connectivity index (χ3v) is 4.00. The molecule has 1 aliphatic carbocycles. The first kappa shape index (κ1) is 14.3. The highest BCUT2D eigenvalue weighted by molar-refractivity contribution is 5.43. The Morgan fingerprint density at radius 3 is 2.89 bits per heavy atom. The van der Waals surface area contributed by atoms with Crippen LogP contribution in [-0.4, -0.2) is 16.6 Å². The van der Waals surface area contributed by atoms with Crippen molar-refractivity contribution in [2.75, 3.05) is 11.9 Å². The lowest BCUT2D eigenvalue weighted by atomic mass is 9.89. The van der Waals surface area contributed by atoms with Gasteiger partial charge in [0.15, 0.2) is 0 Å². The molecular weight excluding hydrogens is 236 g/mol. The summed E-state index contributed by atoms with van der Waals surface area (Å²) in [5.41, 5.74) is 1.88. The van der Waals surface area contributed by atoms with E-state index in [9.17, 15) is 5.11 Å². The SMILES string of the molecule is CCCC(O)c1cc(NCC2CCCCC2)ccn1. The summed E-state index contributed by atoms with van der Waals surface area (Å²) < 4.78 is 0. The summed E-state index contributed by atoms with van der Waals surface area (Å²) in [7, 11) is 0. The Bertz CT molecular complexity index is 375. The van der Waals surface area contributed by atoms with Gasteiger partial charge in [0.25, 0.3) is 0 Å². The molecule has 0 spiro atoms. The number of aromatic nitrogens is 1. The molecule has 0 aliphatic heterocycles. The molecule has 2 rings (SSSR count). The first-order valence-electron chi connectivity index (χ1n) is 7.67. The van der Waals surface area contributed by atoms with Crippen molar-refractivity contribution in [3.8, 4) is 0 Å². The molecule has 0 aromatic carbocycles. The van der Waals surface area contributed by atoms with Crippen molar-refractivity contribution in [2.24, 2.45) is 5.92 Å². The Morgan fingerprint density at radius 1 is 1.37 bits per heavy atom. The molecule has 0 amide bonds. The summed E-state index contributed by atoms with van der Waals surface area (Å²) in [6, 6.07) is 3.98. The Balaban J connectivity index is 1.87. The summed E-state index contributed by atoms with van der Waals surface area (Å²) in [4.78, 5) is 4.26. The van der Waals surface area contributed by atoms with Crippen LogP contribution in [-0.2, 0) is 0 Å². The Kier molecular flexibility index (Phi) is 5.64. The molecule has 1 atom stereocenters. The maximum absolute atomic E-state index is 9.97. The van der Waals surface area contributed by atoms with Gasteiger partial charge in [-0.25, -0.2) is 0 Å². The summed E-state index contributed by atoms with van der Waals surface area (Å²) in [6.45, 7) is 3.13. The fraction of sp³-hybridized carbons (Fsp3) is 0.688. The van der Waals surface area contributed by atoms with Gasteiger partial charge in [-0.15, -0.1) is 0 Å². The predicted molar refractivity (Wildman–Crippen MR) is 79.2 cm³/mol. The van der Waals surface area contributed by atoms with Crippen molar-refractivity contribution in [1.29, 1.82) is 0 Å². The van der Waals surface area contributed by atoms with Gasteiger partial charge in [-0.1, -0.05) is 32.6 Å². The van der Waals surface area contributed by atoms with Crippen LogP contribution in [0.4, 0.5) is 5.69 Å². The van der Waals surface area contributed by atoms with Gasteiger partial charge in [0.2, 0.25) is 0 Å². The van der Waals surface area contributed by atoms with Gasteiger partial charge in [-0.3, -0.25) is 4.98 Å². The summed E-state index contributed by atoms with van der Waals surface area (Å²) in [6.07, 6.45) is 9.97. The molecule has 0 saturated heterocycles. The zero-order chi connectivity index (χ0) is 13.5. The van der Waals surface area contributed by atoms with E-state index in [0.29, 0.717) is 0 Å². The minimum absolute atomic E-state index is 0.429. The Labute approximate surface area is 116 Å². The number of aliphatic hydroxyl groups is 1. The standard InChI is InChI=1S/C16H26N2O/c1-2-6-16(19)15-11-14(9-10-17-15)18-12-13-7-4-3-5-8-13/h9-11,13,16,19H,2-8,12H2,1H3,(H,17,18). The molecule has 3 heteroatoms. The maximum atomic E-state index is 9.97. The molecule has 1 heterocycles. The van der Waals surface area contributed by atoms with E-state index < -0.39 is 6.10 Å². The predicted octanol–water partition coefficient (Wildman–Crippen LogP) is 3.91. The molecule has 0 radical (unpaired) electrons. The molecule has 1 fully saturated rings. The van der Waals surface area contributed by atoms with Crippen molar-refractivity contribution in [1.82, 2.24) is 4.98 Å². The second-order valence-corrected chi connectivity index (χ2v) is 5.66. The lowest BCUT2D eigenvalue weighted by Crippen LogP contribution is -2.17. The van der Waals surface area contributed by atoms with E-state index in [2.05, 4.69) is 17.2 Å². The third-order valence-electron chi connectivity index (χ3n) is 4.00. The molecule has 1 unspecified atom stereocenters. The van der Waals surface area contributed by atoms with Gasteiger partial charge in [0.05, 0.1) is 11.8 Å². The lowest BCUT2D eigenvalue weighted by molar-refractivity contribution is 0.162. The molecule has 1 saturated carbocycles. The normalized spacial score (nSPS) is 18.2. The van der Waals surface area contributed by atoms with Crippen LogP contribution in [0.2, 0.25) is 0 Å². The molecule has 1 aromatic heterocycles. The van der Waals surface area contributed by atoms with Crippen molar-refractivity contribution < 1.29 is 5.11 Å². The van der Waals surface area contributed by atoms with Gasteiger partial charge >= 0.3 is 0 Å². The molecule has 1 aliphatic rings. The summed E-state index contributed by atoms with van der Waals surface area (Å²) >= 11 is 0. The van der Waals surface area contributed by atoms with Crippen LogP contribution in [0.5, 0.6) is 0 Å². The Morgan fingerprint density at radius 2 is 2.16 bits per heavy atom. The van der Waals surface area contributed by atoms with Gasteiger partial charge in [0, 0.05) is 18.4 Å². The van der Waals surface area contributed by atoms with Crippen LogP contribution in [0.3, 0.4) is 0 Å². The van der Waals surface area contributed by atoms with Crippen LogP contribution in [0.15, 0.2) is 18.3 Å². The minimum atomic E-state index is -0.429. The van der Waals surface area contributed by atoms with E-state index in [0.717, 1.165) is 36.7 Å². The lowest BCUT2D eigenvalue weighted by Gasteiger charge is -2.22. The summed E-state index contributed by atoms with van der Waals surface area (Å²) in [5, 5.41) is 13.5. The highest BCUT2D eigenvalue weighted by Crippen LogP contribution is 2.24. The number of rotatable bonds is 6. The van der Waals surface area contributed by atoms with E-state index in [4.69, 9.17) is 0 Å². The second kappa shape index (κ2) is 7.49. The smallest absolute Gasteiger partial charge is 0.0960 e. The average molecular weight is 262 g/mol. The molecule has 3 nitrogen and oxygen atoms in total. The van der Waals surface area contributed by atoms with E-state index in [1.807, 2.05) is 12.1 Å². The van der Waals surface area contributed by atoms with E-state index in [1.165, 1.54) is 32.1 Å². The molecular formula is C16H26N2O. The van der Waals surface area contributed by atoms with Crippen LogP contribution in [0.1, 0.15) is 63.7 Å². The highest BCUT2D eigenvalue weighted by Gasteiger charge is 2.13. The van der Waals surface area contributed by atoms with Crippen molar-refractivity contribution in [3.63, 3.8) is 0 Å². The Hall–Kier alpha value is -1.09. The van der Waals surface area contributed by atoms with E-state index in [-0.39, 0.29) is 0 Å². The molecule has 0 bridgehead atoms. The van der Waals surface area contributed by atoms with Gasteiger partial charge in [-0.2, -0.15) is 0 Å². The average Bonchev–Trinajstić information content (AvgIpc) is 2.47. The van der Waals surface area contributed by atoms with Gasteiger partial charge in [-0.05, 0) is 37.3 Å². The number of hydrogen-bond donors (Lipinski definition) is 2. The number of aliphatic hydroxyl groups excluding tert-OH is 1. The molecule has 19 heavy (non-hydrogen) atoms. The number of nitrogens with zero attached hydrogens (tertiary/aromatic N) is 1. The molecule has 2 N–H and O–H groups in total. The second-order valence-electron chi connectivity index (χ2n) is 5.66. The topological polar surface area (TPSA) is 45.1 Å². The molecule has 106 valence electrons. The quantitative estimate of drug-likeness (QED) is 0.817. The van der Waals surface area contributed by atoms with Crippen LogP contribution in [0, 0.1) is 5.92 Å². The van der Waals surface area contributed by atoms with E-state index >= 15 is 0 Å². The van der Waals surface area contributed by atoms with E-state index in [1.54, 1.807) is 6.20 Å². The van der Waals surface area contributed by atoms with Crippen molar-refractivity contribution >= 4 is 5.69 Å². The minimum Gasteiger partial charge on any atom is -0.387 e. The monoisotopic (exact) mass is 262 g/mol. The zero-order valence-corrected chi connectivity index (χ0v) is 11.9. The van der Waals surface area contributed by atoms with Crippen molar-refractivity contribution in [3.05, 3.63) is 24.0 Å². The zero-order valence-electron chi connectivity index (χ0n) is 11.9.